The first kappa shape index (κ1) is 31.8. The van der Waals surface area contributed by atoms with Crippen LogP contribution in [-0.2, 0) is 33.9 Å². The molecule has 3 atom stereocenters. The molecule has 12 heteroatoms. The first-order chi connectivity index (χ1) is 22.1. The van der Waals surface area contributed by atoms with Gasteiger partial charge >= 0.3 is 0 Å². The number of anilines is 1. The van der Waals surface area contributed by atoms with Gasteiger partial charge in [0.1, 0.15) is 10.3 Å². The minimum Gasteiger partial charge on any atom is -0.598 e. The Labute approximate surface area is 278 Å². The van der Waals surface area contributed by atoms with Crippen LogP contribution in [0, 0.1) is 12.3 Å². The van der Waals surface area contributed by atoms with Crippen molar-refractivity contribution in [2.75, 3.05) is 24.6 Å². The van der Waals surface area contributed by atoms with Crippen LogP contribution in [0.4, 0.5) is 5.82 Å². The third kappa shape index (κ3) is 5.90. The quantitative estimate of drug-likeness (QED) is 0.234. The molecule has 3 aliphatic rings. The fourth-order valence-corrected chi connectivity index (χ4v) is 8.33. The van der Waals surface area contributed by atoms with E-state index in [1.165, 1.54) is 5.56 Å². The zero-order chi connectivity index (χ0) is 32.1. The number of piperidine rings is 1. The van der Waals surface area contributed by atoms with E-state index in [4.69, 9.17) is 36.1 Å². The van der Waals surface area contributed by atoms with Gasteiger partial charge in [0.2, 0.25) is 0 Å². The molecule has 10 nitrogen and oxygen atoms in total. The molecule has 4 aromatic heterocycles. The molecule has 0 unspecified atom stereocenters. The first-order valence-electron chi connectivity index (χ1n) is 16.2. The van der Waals surface area contributed by atoms with Gasteiger partial charge in [-0.1, -0.05) is 17.7 Å². The van der Waals surface area contributed by atoms with Crippen LogP contribution in [0.2, 0.25) is 5.02 Å². The molecule has 244 valence electrons. The lowest BCUT2D eigenvalue weighted by atomic mass is 9.73. The lowest BCUT2D eigenvalue weighted by Crippen LogP contribution is -2.50. The van der Waals surface area contributed by atoms with Crippen molar-refractivity contribution in [2.24, 2.45) is 5.41 Å². The Morgan fingerprint density at radius 1 is 1.13 bits per heavy atom. The highest BCUT2D eigenvalue weighted by molar-refractivity contribution is 7.90. The van der Waals surface area contributed by atoms with E-state index in [-0.39, 0.29) is 29.1 Å². The monoisotopic (exact) mass is 663 g/mol. The number of pyridine rings is 2. The van der Waals surface area contributed by atoms with Gasteiger partial charge in [-0.05, 0) is 90.0 Å². The normalized spacial score (nSPS) is 22.0. The molecule has 7 rings (SSSR count). The fraction of sp³-hybridized carbons (Fsp3) is 0.529. The summed E-state index contributed by atoms with van der Waals surface area (Å²) in [6.07, 6.45) is 11.0. The van der Waals surface area contributed by atoms with E-state index in [0.717, 1.165) is 92.2 Å². The number of halogens is 1. The summed E-state index contributed by atoms with van der Waals surface area (Å²) in [6.45, 7) is 10.7. The third-order valence-corrected chi connectivity index (χ3v) is 11.7. The van der Waals surface area contributed by atoms with Gasteiger partial charge in [-0.2, -0.15) is 5.10 Å². The molecule has 0 radical (unpaired) electrons. The maximum absolute atomic E-state index is 13.3. The van der Waals surface area contributed by atoms with E-state index in [1.54, 1.807) is 6.20 Å². The molecule has 0 bridgehead atoms. The number of hydrogen-bond acceptors (Lipinski definition) is 9. The van der Waals surface area contributed by atoms with Gasteiger partial charge in [0, 0.05) is 60.1 Å². The van der Waals surface area contributed by atoms with Crippen molar-refractivity contribution in [3.63, 3.8) is 0 Å². The molecule has 2 saturated heterocycles. The highest BCUT2D eigenvalue weighted by atomic mass is 35.5. The van der Waals surface area contributed by atoms with Crippen molar-refractivity contribution in [2.45, 2.75) is 89.9 Å². The number of hydrogen-bond donors (Lipinski definition) is 1. The summed E-state index contributed by atoms with van der Waals surface area (Å²) in [5.41, 5.74) is 6.31. The third-order valence-electron chi connectivity index (χ3n) is 9.67. The maximum atomic E-state index is 13.3. The highest BCUT2D eigenvalue weighted by Crippen LogP contribution is 2.52. The maximum Gasteiger partial charge on any atom is 0.158 e. The Kier molecular flexibility index (Phi) is 8.75. The van der Waals surface area contributed by atoms with Gasteiger partial charge in [0.05, 0.1) is 40.9 Å². The van der Waals surface area contributed by atoms with Crippen molar-refractivity contribution in [3.05, 3.63) is 70.5 Å². The number of nitrogens with zero attached hydrogens (tertiary/aromatic N) is 6. The number of ether oxygens (including phenoxy) is 2. The summed E-state index contributed by atoms with van der Waals surface area (Å²) in [4.78, 5) is 16.8. The van der Waals surface area contributed by atoms with Crippen LogP contribution in [0.15, 0.2) is 42.9 Å². The van der Waals surface area contributed by atoms with Gasteiger partial charge in [-0.25, -0.2) is 9.50 Å². The molecule has 46 heavy (non-hydrogen) atoms. The predicted octanol–water partition coefficient (Wildman–Crippen LogP) is 6.13. The molecule has 4 aromatic rings. The van der Waals surface area contributed by atoms with E-state index in [2.05, 4.69) is 20.7 Å². The van der Waals surface area contributed by atoms with Gasteiger partial charge < -0.3 is 18.9 Å². The SMILES string of the molecule is Cc1nc(N2CCC3(CC2)Cc2ncccc2[C@H]3N[S@+]([O-])C(C)(C)C)c2ccnn2c1-c1ccnc(CO[C@@H]2CCCCO2)c1Cl. The second kappa shape index (κ2) is 12.7. The van der Waals surface area contributed by atoms with Gasteiger partial charge in [-0.15, -0.1) is 4.72 Å². The average molecular weight is 664 g/mol. The molecule has 1 spiro atoms. The largest absolute Gasteiger partial charge is 0.598 e. The van der Waals surface area contributed by atoms with Crippen LogP contribution in [0.1, 0.15) is 81.6 Å². The minimum atomic E-state index is -1.20. The van der Waals surface area contributed by atoms with Crippen molar-refractivity contribution in [1.82, 2.24) is 29.3 Å². The smallest absolute Gasteiger partial charge is 0.158 e. The Bertz CT molecular complexity index is 1710. The van der Waals surface area contributed by atoms with E-state index < -0.39 is 11.4 Å². The summed E-state index contributed by atoms with van der Waals surface area (Å²) in [7, 11) is 0. The van der Waals surface area contributed by atoms with Crippen LogP contribution >= 0.6 is 11.6 Å². The van der Waals surface area contributed by atoms with Crippen LogP contribution < -0.4 is 9.62 Å². The van der Waals surface area contributed by atoms with Gasteiger partial charge in [-0.3, -0.25) is 9.97 Å². The molecule has 1 aliphatic carbocycles. The summed E-state index contributed by atoms with van der Waals surface area (Å²) >= 11 is 5.78. The zero-order valence-electron chi connectivity index (χ0n) is 27.0. The Morgan fingerprint density at radius 3 is 2.72 bits per heavy atom. The number of nitrogens with one attached hydrogen (secondary N) is 1. The van der Waals surface area contributed by atoms with E-state index in [0.29, 0.717) is 10.7 Å². The van der Waals surface area contributed by atoms with E-state index in [1.807, 2.05) is 62.8 Å². The fourth-order valence-electron chi connectivity index (χ4n) is 7.13. The van der Waals surface area contributed by atoms with Crippen LogP contribution in [0.25, 0.3) is 16.8 Å². The lowest BCUT2D eigenvalue weighted by Gasteiger charge is -2.44. The topological polar surface area (TPSA) is 113 Å². The molecule has 2 aliphatic heterocycles. The second-order valence-electron chi connectivity index (χ2n) is 13.7. The van der Waals surface area contributed by atoms with Gasteiger partial charge in [0.15, 0.2) is 12.1 Å². The number of aryl methyl sites for hydroxylation is 1. The molecule has 0 saturated carbocycles. The first-order valence-corrected chi connectivity index (χ1v) is 17.8. The average Bonchev–Trinajstić information content (AvgIpc) is 3.64. The molecule has 0 aromatic carbocycles. The lowest BCUT2D eigenvalue weighted by molar-refractivity contribution is -0.169. The summed E-state index contributed by atoms with van der Waals surface area (Å²) in [5, 5.41) is 5.27. The van der Waals surface area contributed by atoms with Crippen molar-refractivity contribution < 1.29 is 14.0 Å². The number of fused-ring (bicyclic) bond motifs is 2. The van der Waals surface area contributed by atoms with E-state index >= 15 is 0 Å². The summed E-state index contributed by atoms with van der Waals surface area (Å²) < 4.78 is 30.2. The molecular weight excluding hydrogens is 622 g/mol. The molecule has 6 heterocycles. The van der Waals surface area contributed by atoms with Crippen molar-refractivity contribution in [3.8, 4) is 11.3 Å². The van der Waals surface area contributed by atoms with Crippen LogP contribution in [-0.4, -0.2) is 59.9 Å². The molecule has 1 N–H and O–H groups in total. The summed E-state index contributed by atoms with van der Waals surface area (Å²) in [6, 6.07) is 8.05. The summed E-state index contributed by atoms with van der Waals surface area (Å²) in [5.74, 6) is 0.910. The molecule has 2 fully saturated rings. The highest BCUT2D eigenvalue weighted by Gasteiger charge is 2.51. The van der Waals surface area contributed by atoms with Crippen LogP contribution in [0.5, 0.6) is 0 Å². The van der Waals surface area contributed by atoms with E-state index in [9.17, 15) is 4.55 Å². The van der Waals surface area contributed by atoms with Crippen molar-refractivity contribution >= 4 is 34.3 Å². The Hall–Kier alpha value is -2.80. The zero-order valence-corrected chi connectivity index (χ0v) is 28.5. The number of aromatic nitrogens is 5. The van der Waals surface area contributed by atoms with Crippen LogP contribution in [0.3, 0.4) is 0 Å². The molecule has 0 amide bonds. The standard InChI is InChI=1S/C34H42ClN7O3S/c1-22-30(24-10-15-37-26(29(24)35)21-45-28-9-5-6-19-44-28)42-27(11-16-38-42)32(39-22)41-17-12-34(13-18-41)20-25-23(8-7-14-36-25)31(34)40-46(43)33(2,3)4/h7-8,10-11,14-16,28,31,40H,5-6,9,12-13,17-21H2,1-4H3/t28-,31-,46-/m1/s1. The minimum absolute atomic E-state index is 0.0119. The molecular formula is C34H42ClN7O3S. The number of rotatable bonds is 7. The Balaban J connectivity index is 1.14. The Morgan fingerprint density at radius 2 is 1.96 bits per heavy atom. The van der Waals surface area contributed by atoms with Gasteiger partial charge in [0.25, 0.3) is 0 Å². The predicted molar refractivity (Wildman–Crippen MR) is 180 cm³/mol. The second-order valence-corrected chi connectivity index (χ2v) is 16.1. The van der Waals surface area contributed by atoms with Crippen molar-refractivity contribution in [1.29, 1.82) is 0 Å².